The molecular formula is C16H20O2. The number of aryl methyl sites for hydroxylation is 1. The molecule has 0 fully saturated rings. The number of methoxy groups -OCH3 is 2. The van der Waals surface area contributed by atoms with E-state index >= 15 is 0 Å². The van der Waals surface area contributed by atoms with Crippen LogP contribution in [-0.2, 0) is 0 Å². The van der Waals surface area contributed by atoms with Crippen LogP contribution in [0.1, 0.15) is 30.9 Å². The molecule has 2 aromatic carbocycles. The molecule has 0 saturated heterocycles. The van der Waals surface area contributed by atoms with Crippen molar-refractivity contribution in [3.8, 4) is 11.5 Å². The lowest BCUT2D eigenvalue weighted by Gasteiger charge is -2.18. The van der Waals surface area contributed by atoms with Crippen molar-refractivity contribution in [3.63, 3.8) is 0 Å². The highest BCUT2D eigenvalue weighted by atomic mass is 16.5. The molecule has 0 atom stereocenters. The SMILES string of the molecule is COc1c(C(C)C)cc2c(OC)cccc2c1C. The van der Waals surface area contributed by atoms with Gasteiger partial charge in [-0.2, -0.15) is 0 Å². The second-order valence-corrected chi connectivity index (χ2v) is 4.83. The molecule has 0 aliphatic heterocycles. The number of hydrogen-bond acceptors (Lipinski definition) is 2. The largest absolute Gasteiger partial charge is 0.496 e. The molecule has 0 aromatic heterocycles. The van der Waals surface area contributed by atoms with Crippen LogP contribution in [0.4, 0.5) is 0 Å². The summed E-state index contributed by atoms with van der Waals surface area (Å²) >= 11 is 0. The molecule has 0 heterocycles. The summed E-state index contributed by atoms with van der Waals surface area (Å²) in [5, 5.41) is 2.35. The van der Waals surface area contributed by atoms with E-state index in [1.807, 2.05) is 12.1 Å². The maximum absolute atomic E-state index is 5.58. The number of benzene rings is 2. The van der Waals surface area contributed by atoms with Crippen molar-refractivity contribution in [1.82, 2.24) is 0 Å². The molecule has 0 amide bonds. The first-order valence-corrected chi connectivity index (χ1v) is 6.24. The average Bonchev–Trinajstić information content (AvgIpc) is 2.37. The van der Waals surface area contributed by atoms with Gasteiger partial charge in [0, 0.05) is 5.39 Å². The molecule has 2 rings (SSSR count). The zero-order valence-corrected chi connectivity index (χ0v) is 11.7. The van der Waals surface area contributed by atoms with Gasteiger partial charge in [-0.3, -0.25) is 0 Å². The quantitative estimate of drug-likeness (QED) is 0.802. The van der Waals surface area contributed by atoms with Gasteiger partial charge in [-0.25, -0.2) is 0 Å². The molecule has 0 radical (unpaired) electrons. The molecular weight excluding hydrogens is 224 g/mol. The fourth-order valence-corrected chi connectivity index (χ4v) is 2.46. The topological polar surface area (TPSA) is 18.5 Å². The van der Waals surface area contributed by atoms with Crippen molar-refractivity contribution < 1.29 is 9.47 Å². The highest BCUT2D eigenvalue weighted by molar-refractivity contribution is 5.93. The Bertz CT molecular complexity index is 571. The van der Waals surface area contributed by atoms with E-state index in [-0.39, 0.29) is 0 Å². The third kappa shape index (κ3) is 1.92. The lowest BCUT2D eigenvalue weighted by atomic mass is 9.94. The Labute approximate surface area is 109 Å². The Morgan fingerprint density at radius 1 is 1.00 bits per heavy atom. The number of rotatable bonds is 3. The lowest BCUT2D eigenvalue weighted by Crippen LogP contribution is -1.98. The molecule has 0 spiro atoms. The zero-order valence-electron chi connectivity index (χ0n) is 11.7. The van der Waals surface area contributed by atoms with E-state index in [0.717, 1.165) is 16.9 Å². The maximum atomic E-state index is 5.58. The van der Waals surface area contributed by atoms with Crippen molar-refractivity contribution in [2.24, 2.45) is 0 Å². The predicted molar refractivity (Wildman–Crippen MR) is 75.9 cm³/mol. The van der Waals surface area contributed by atoms with Crippen molar-refractivity contribution >= 4 is 10.8 Å². The highest BCUT2D eigenvalue weighted by Crippen LogP contribution is 2.38. The first-order chi connectivity index (χ1) is 8.60. The molecule has 0 aliphatic rings. The van der Waals surface area contributed by atoms with Crippen LogP contribution in [0.2, 0.25) is 0 Å². The van der Waals surface area contributed by atoms with Crippen LogP contribution in [0, 0.1) is 6.92 Å². The molecule has 0 aliphatic carbocycles. The lowest BCUT2D eigenvalue weighted by molar-refractivity contribution is 0.404. The van der Waals surface area contributed by atoms with Gasteiger partial charge in [0.05, 0.1) is 14.2 Å². The third-order valence-electron chi connectivity index (χ3n) is 3.42. The second kappa shape index (κ2) is 4.89. The number of hydrogen-bond donors (Lipinski definition) is 0. The van der Waals surface area contributed by atoms with Crippen LogP contribution in [0.3, 0.4) is 0 Å². The van der Waals surface area contributed by atoms with Crippen molar-refractivity contribution in [2.75, 3.05) is 14.2 Å². The Morgan fingerprint density at radius 3 is 2.28 bits per heavy atom. The van der Waals surface area contributed by atoms with Gasteiger partial charge in [0.2, 0.25) is 0 Å². The number of ether oxygens (including phenoxy) is 2. The normalized spacial score (nSPS) is 11.0. The van der Waals surface area contributed by atoms with Crippen LogP contribution in [0.15, 0.2) is 24.3 Å². The Morgan fingerprint density at radius 2 is 1.72 bits per heavy atom. The fourth-order valence-electron chi connectivity index (χ4n) is 2.46. The molecule has 2 nitrogen and oxygen atoms in total. The Kier molecular flexibility index (Phi) is 3.46. The second-order valence-electron chi connectivity index (χ2n) is 4.83. The van der Waals surface area contributed by atoms with Gasteiger partial charge in [0.25, 0.3) is 0 Å². The van der Waals surface area contributed by atoms with Crippen LogP contribution in [0.25, 0.3) is 10.8 Å². The highest BCUT2D eigenvalue weighted by Gasteiger charge is 2.15. The standard InChI is InChI=1S/C16H20O2/c1-10(2)13-9-14-12(11(3)16(13)18-5)7-6-8-15(14)17-4/h6-10H,1-5H3. The van der Waals surface area contributed by atoms with Gasteiger partial charge < -0.3 is 9.47 Å². The van der Waals surface area contributed by atoms with Crippen LogP contribution >= 0.6 is 0 Å². The summed E-state index contributed by atoms with van der Waals surface area (Å²) in [6.45, 7) is 6.46. The molecule has 0 saturated carbocycles. The van der Waals surface area contributed by atoms with Gasteiger partial charge in [-0.15, -0.1) is 0 Å². The minimum absolute atomic E-state index is 0.424. The van der Waals surface area contributed by atoms with E-state index in [1.165, 1.54) is 16.5 Å². The summed E-state index contributed by atoms with van der Waals surface area (Å²) in [6, 6.07) is 8.31. The molecule has 0 N–H and O–H groups in total. The van der Waals surface area contributed by atoms with E-state index in [1.54, 1.807) is 14.2 Å². The molecule has 2 heteroatoms. The van der Waals surface area contributed by atoms with Crippen LogP contribution < -0.4 is 9.47 Å². The molecule has 2 aromatic rings. The summed E-state index contributed by atoms with van der Waals surface area (Å²) in [6.07, 6.45) is 0. The van der Waals surface area contributed by atoms with Gasteiger partial charge in [0.1, 0.15) is 11.5 Å². The van der Waals surface area contributed by atoms with Gasteiger partial charge in [-0.1, -0.05) is 26.0 Å². The van der Waals surface area contributed by atoms with Gasteiger partial charge in [0.15, 0.2) is 0 Å². The van der Waals surface area contributed by atoms with E-state index in [2.05, 4.69) is 32.9 Å². The minimum atomic E-state index is 0.424. The monoisotopic (exact) mass is 244 g/mol. The molecule has 0 unspecified atom stereocenters. The zero-order chi connectivity index (χ0) is 13.3. The minimum Gasteiger partial charge on any atom is -0.496 e. The first-order valence-electron chi connectivity index (χ1n) is 6.24. The van der Waals surface area contributed by atoms with Gasteiger partial charge in [-0.05, 0) is 41.5 Å². The van der Waals surface area contributed by atoms with Crippen molar-refractivity contribution in [2.45, 2.75) is 26.7 Å². The smallest absolute Gasteiger partial charge is 0.126 e. The Balaban J connectivity index is 2.86. The Hall–Kier alpha value is -1.70. The number of fused-ring (bicyclic) bond motifs is 1. The van der Waals surface area contributed by atoms with E-state index in [9.17, 15) is 0 Å². The van der Waals surface area contributed by atoms with E-state index in [4.69, 9.17) is 9.47 Å². The summed E-state index contributed by atoms with van der Waals surface area (Å²) < 4.78 is 11.0. The summed E-state index contributed by atoms with van der Waals surface area (Å²) in [5.41, 5.74) is 2.41. The maximum Gasteiger partial charge on any atom is 0.126 e. The molecule has 0 bridgehead atoms. The van der Waals surface area contributed by atoms with Crippen LogP contribution in [-0.4, -0.2) is 14.2 Å². The van der Waals surface area contributed by atoms with Crippen molar-refractivity contribution in [1.29, 1.82) is 0 Å². The van der Waals surface area contributed by atoms with Gasteiger partial charge >= 0.3 is 0 Å². The van der Waals surface area contributed by atoms with E-state index in [0.29, 0.717) is 5.92 Å². The first kappa shape index (κ1) is 12.7. The third-order valence-corrected chi connectivity index (χ3v) is 3.42. The van der Waals surface area contributed by atoms with E-state index < -0.39 is 0 Å². The molecule has 18 heavy (non-hydrogen) atoms. The predicted octanol–water partition coefficient (Wildman–Crippen LogP) is 4.29. The summed E-state index contributed by atoms with van der Waals surface area (Å²) in [7, 11) is 3.45. The van der Waals surface area contributed by atoms with Crippen LogP contribution in [0.5, 0.6) is 11.5 Å². The average molecular weight is 244 g/mol. The fraction of sp³-hybridized carbons (Fsp3) is 0.375. The summed E-state index contributed by atoms with van der Waals surface area (Å²) in [4.78, 5) is 0. The summed E-state index contributed by atoms with van der Waals surface area (Å²) in [5.74, 6) is 2.33. The molecule has 96 valence electrons. The van der Waals surface area contributed by atoms with Crippen molar-refractivity contribution in [3.05, 3.63) is 35.4 Å².